The first-order valence-electron chi connectivity index (χ1n) is 4.91. The molecule has 2 nitrogen and oxygen atoms in total. The third kappa shape index (κ3) is 1.79. The van der Waals surface area contributed by atoms with Crippen LogP contribution in [0.2, 0.25) is 0 Å². The molecule has 0 spiro atoms. The molecule has 0 aliphatic heterocycles. The summed E-state index contributed by atoms with van der Waals surface area (Å²) in [7, 11) is 0. The van der Waals surface area contributed by atoms with Crippen molar-refractivity contribution in [1.29, 1.82) is 0 Å². The van der Waals surface area contributed by atoms with Crippen LogP contribution < -0.4 is 0 Å². The van der Waals surface area contributed by atoms with Gasteiger partial charge in [0.1, 0.15) is 0 Å². The van der Waals surface area contributed by atoms with E-state index in [2.05, 4.69) is 13.8 Å². The molecule has 2 heteroatoms. The van der Waals surface area contributed by atoms with Crippen molar-refractivity contribution < 1.29 is 9.90 Å². The molecule has 1 aliphatic carbocycles. The van der Waals surface area contributed by atoms with Crippen molar-refractivity contribution in [1.82, 2.24) is 0 Å². The van der Waals surface area contributed by atoms with Crippen LogP contribution in [0.5, 0.6) is 0 Å². The van der Waals surface area contributed by atoms with Crippen molar-refractivity contribution in [2.45, 2.75) is 39.5 Å². The predicted octanol–water partition coefficient (Wildman–Crippen LogP) is 2.53. The number of hydrogen-bond donors (Lipinski definition) is 1. The average Bonchev–Trinajstić information content (AvgIpc) is 1.94. The van der Waals surface area contributed by atoms with E-state index in [0.717, 1.165) is 18.8 Å². The fourth-order valence-electron chi connectivity index (χ4n) is 2.20. The largest absolute Gasteiger partial charge is 0.481 e. The van der Waals surface area contributed by atoms with Crippen molar-refractivity contribution in [2.24, 2.45) is 17.8 Å². The Morgan fingerprint density at radius 1 is 1.42 bits per heavy atom. The maximum absolute atomic E-state index is 10.5. The average molecular weight is 170 g/mol. The van der Waals surface area contributed by atoms with E-state index in [0.29, 0.717) is 5.92 Å². The van der Waals surface area contributed by atoms with Gasteiger partial charge in [-0.1, -0.05) is 26.7 Å². The zero-order chi connectivity index (χ0) is 9.14. The molecule has 1 fully saturated rings. The van der Waals surface area contributed by atoms with Gasteiger partial charge in [-0.05, 0) is 24.7 Å². The van der Waals surface area contributed by atoms with Gasteiger partial charge in [-0.25, -0.2) is 0 Å². The number of carboxylic acid groups (broad SMARTS) is 1. The molecular weight excluding hydrogens is 152 g/mol. The molecule has 1 saturated carbocycles. The first-order chi connectivity index (χ1) is 5.69. The van der Waals surface area contributed by atoms with Crippen molar-refractivity contribution in [3.05, 3.63) is 0 Å². The molecule has 0 bridgehead atoms. The molecule has 1 aliphatic rings. The van der Waals surface area contributed by atoms with Crippen LogP contribution in [-0.4, -0.2) is 11.1 Å². The molecule has 0 aromatic rings. The normalized spacial score (nSPS) is 28.6. The van der Waals surface area contributed by atoms with Gasteiger partial charge in [0, 0.05) is 0 Å². The van der Waals surface area contributed by atoms with Crippen LogP contribution in [0.4, 0.5) is 0 Å². The van der Waals surface area contributed by atoms with Crippen LogP contribution in [0, 0.1) is 17.8 Å². The number of carbonyl (C=O) groups is 1. The number of hydrogen-bond acceptors (Lipinski definition) is 1. The fourth-order valence-corrected chi connectivity index (χ4v) is 2.20. The number of aliphatic carboxylic acids is 1. The van der Waals surface area contributed by atoms with Crippen molar-refractivity contribution in [2.75, 3.05) is 0 Å². The summed E-state index contributed by atoms with van der Waals surface area (Å²) in [6.45, 7) is 4.39. The summed E-state index contributed by atoms with van der Waals surface area (Å²) < 4.78 is 0. The van der Waals surface area contributed by atoms with E-state index in [1.807, 2.05) is 0 Å². The quantitative estimate of drug-likeness (QED) is 0.704. The highest BCUT2D eigenvalue weighted by molar-refractivity contribution is 5.71. The fraction of sp³-hybridized carbons (Fsp3) is 0.900. The van der Waals surface area contributed by atoms with Crippen LogP contribution >= 0.6 is 0 Å². The summed E-state index contributed by atoms with van der Waals surface area (Å²) >= 11 is 0. The molecule has 1 rings (SSSR count). The first-order valence-corrected chi connectivity index (χ1v) is 4.91. The topological polar surface area (TPSA) is 37.3 Å². The minimum Gasteiger partial charge on any atom is -0.481 e. The van der Waals surface area contributed by atoms with Gasteiger partial charge in [-0.2, -0.15) is 0 Å². The van der Waals surface area contributed by atoms with Crippen LogP contribution in [0.3, 0.4) is 0 Å². The Balaban J connectivity index is 2.28. The van der Waals surface area contributed by atoms with Gasteiger partial charge >= 0.3 is 5.97 Å². The summed E-state index contributed by atoms with van der Waals surface area (Å²) in [6, 6.07) is 0. The van der Waals surface area contributed by atoms with Gasteiger partial charge < -0.3 is 5.11 Å². The number of rotatable bonds is 4. The first kappa shape index (κ1) is 9.56. The monoisotopic (exact) mass is 170 g/mol. The second kappa shape index (κ2) is 3.92. The minimum absolute atomic E-state index is 0.0319. The summed E-state index contributed by atoms with van der Waals surface area (Å²) in [5, 5.41) is 8.68. The third-order valence-corrected chi connectivity index (χ3v) is 3.24. The highest BCUT2D eigenvalue weighted by Crippen LogP contribution is 2.41. The Kier molecular flexibility index (Phi) is 3.12. The van der Waals surface area contributed by atoms with Gasteiger partial charge in [0.05, 0.1) is 5.92 Å². The lowest BCUT2D eigenvalue weighted by atomic mass is 9.67. The van der Waals surface area contributed by atoms with Crippen molar-refractivity contribution in [3.8, 4) is 0 Å². The van der Waals surface area contributed by atoms with Crippen LogP contribution in [-0.2, 0) is 4.79 Å². The van der Waals surface area contributed by atoms with Gasteiger partial charge in [0.25, 0.3) is 0 Å². The zero-order valence-corrected chi connectivity index (χ0v) is 7.92. The summed E-state index contributed by atoms with van der Waals surface area (Å²) in [5.41, 5.74) is 0. The molecule has 0 amide bonds. The molecule has 0 aromatic heterocycles. The Morgan fingerprint density at radius 2 is 1.92 bits per heavy atom. The minimum atomic E-state index is -0.600. The lowest BCUT2D eigenvalue weighted by Gasteiger charge is -2.37. The lowest BCUT2D eigenvalue weighted by Crippen LogP contribution is -2.34. The molecule has 1 N–H and O–H groups in total. The molecule has 0 atom stereocenters. The molecule has 0 heterocycles. The molecule has 70 valence electrons. The summed E-state index contributed by atoms with van der Waals surface area (Å²) in [5.74, 6) is 0.828. The van der Waals surface area contributed by atoms with E-state index in [1.54, 1.807) is 0 Å². The third-order valence-electron chi connectivity index (χ3n) is 3.24. The van der Waals surface area contributed by atoms with E-state index >= 15 is 0 Å². The zero-order valence-electron chi connectivity index (χ0n) is 7.92. The standard InChI is InChI=1S/C10H18O2/c1-3-7(4-2)8-5-9(6-8)10(11)12/h7-9H,3-6H2,1-2H3,(H,11,12). The Labute approximate surface area is 74.0 Å². The highest BCUT2D eigenvalue weighted by atomic mass is 16.4. The van der Waals surface area contributed by atoms with Crippen molar-refractivity contribution in [3.63, 3.8) is 0 Å². The van der Waals surface area contributed by atoms with Crippen molar-refractivity contribution >= 4 is 5.97 Å². The van der Waals surface area contributed by atoms with Crippen LogP contribution in [0.25, 0.3) is 0 Å². The molecule has 0 aromatic carbocycles. The van der Waals surface area contributed by atoms with Gasteiger partial charge in [-0.3, -0.25) is 4.79 Å². The lowest BCUT2D eigenvalue weighted by molar-refractivity contribution is -0.147. The molecule has 0 saturated heterocycles. The summed E-state index contributed by atoms with van der Waals surface area (Å²) in [4.78, 5) is 10.5. The highest BCUT2D eigenvalue weighted by Gasteiger charge is 2.37. The Morgan fingerprint density at radius 3 is 2.25 bits per heavy atom. The number of carboxylic acids is 1. The van der Waals surface area contributed by atoms with Gasteiger partial charge in [0.2, 0.25) is 0 Å². The van der Waals surface area contributed by atoms with E-state index in [4.69, 9.17) is 5.11 Å². The maximum Gasteiger partial charge on any atom is 0.306 e. The summed E-state index contributed by atoms with van der Waals surface area (Å²) in [6.07, 6.45) is 4.24. The second-order valence-electron chi connectivity index (χ2n) is 3.84. The van der Waals surface area contributed by atoms with Crippen LogP contribution in [0.1, 0.15) is 39.5 Å². The van der Waals surface area contributed by atoms with E-state index in [1.165, 1.54) is 12.8 Å². The molecule has 12 heavy (non-hydrogen) atoms. The van der Waals surface area contributed by atoms with Gasteiger partial charge in [0.15, 0.2) is 0 Å². The molecule has 0 radical (unpaired) electrons. The van der Waals surface area contributed by atoms with E-state index in [-0.39, 0.29) is 5.92 Å². The van der Waals surface area contributed by atoms with E-state index in [9.17, 15) is 4.79 Å². The van der Waals surface area contributed by atoms with Crippen LogP contribution in [0.15, 0.2) is 0 Å². The Bertz CT molecular complexity index is 155. The molecule has 0 unspecified atom stereocenters. The predicted molar refractivity (Wildman–Crippen MR) is 47.9 cm³/mol. The molecular formula is C10H18O2. The smallest absolute Gasteiger partial charge is 0.306 e. The second-order valence-corrected chi connectivity index (χ2v) is 3.84. The Hall–Kier alpha value is -0.530. The van der Waals surface area contributed by atoms with E-state index < -0.39 is 5.97 Å². The van der Waals surface area contributed by atoms with Gasteiger partial charge in [-0.15, -0.1) is 0 Å². The maximum atomic E-state index is 10.5. The SMILES string of the molecule is CCC(CC)C1CC(C(=O)O)C1.